The molecule has 10 heteroatoms. The molecule has 21 heavy (non-hydrogen) atoms. The Morgan fingerprint density at radius 2 is 2.05 bits per heavy atom. The lowest BCUT2D eigenvalue weighted by molar-refractivity contribution is -0.374. The van der Waals surface area contributed by atoms with E-state index in [-0.39, 0.29) is 0 Å². The Morgan fingerprint density at radius 3 is 2.48 bits per heavy atom. The Labute approximate surface area is 119 Å². The van der Waals surface area contributed by atoms with Crippen molar-refractivity contribution in [2.24, 2.45) is 0 Å². The van der Waals surface area contributed by atoms with Crippen LogP contribution in [0.2, 0.25) is 0 Å². The number of ether oxygens (including phenoxy) is 1. The minimum absolute atomic E-state index is 0.614. The van der Waals surface area contributed by atoms with Gasteiger partial charge in [-0.25, -0.2) is 0 Å². The van der Waals surface area contributed by atoms with E-state index in [1.54, 1.807) is 0 Å². The van der Waals surface area contributed by atoms with Crippen molar-refractivity contribution in [3.63, 3.8) is 0 Å². The fourth-order valence-corrected chi connectivity index (χ4v) is 2.13. The number of carboxylic acid groups (broad SMARTS) is 1. The standard InChI is InChI=1S/C11H19NO9/c1-4(14)12-7-5(15)2-11(20,10(18)19)21-9(7)8(17)6(16)3-13/h5-9,13,15-17,20H,2-3H2,1H3,(H,12,14)(H,18,19)/p-1/t5-,6-,7+,8-,9+,11-/m1/s1. The van der Waals surface area contributed by atoms with Gasteiger partial charge in [-0.05, 0) is 0 Å². The van der Waals surface area contributed by atoms with Crippen molar-refractivity contribution < 1.29 is 45.0 Å². The summed E-state index contributed by atoms with van der Waals surface area (Å²) in [7, 11) is 0. The molecular formula is C11H18NO9-. The first-order chi connectivity index (χ1) is 9.62. The summed E-state index contributed by atoms with van der Waals surface area (Å²) in [6.07, 6.45) is -7.67. The monoisotopic (exact) mass is 308 g/mol. The van der Waals surface area contributed by atoms with E-state index in [2.05, 4.69) is 5.32 Å². The van der Waals surface area contributed by atoms with E-state index in [0.717, 1.165) is 6.92 Å². The summed E-state index contributed by atoms with van der Waals surface area (Å²) >= 11 is 0. The Balaban J connectivity index is 3.07. The van der Waals surface area contributed by atoms with Crippen LogP contribution in [0.15, 0.2) is 0 Å². The minimum atomic E-state index is -2.89. The van der Waals surface area contributed by atoms with Crippen LogP contribution in [-0.4, -0.2) is 80.3 Å². The Hall–Kier alpha value is -1.30. The molecule has 1 heterocycles. The molecule has 0 aromatic carbocycles. The predicted octanol–water partition coefficient (Wildman–Crippen LogP) is -5.21. The van der Waals surface area contributed by atoms with Gasteiger partial charge in [-0.2, -0.15) is 0 Å². The third-order valence-electron chi connectivity index (χ3n) is 3.19. The molecule has 10 nitrogen and oxygen atoms in total. The number of rotatable bonds is 5. The van der Waals surface area contributed by atoms with E-state index in [1.165, 1.54) is 0 Å². The molecule has 0 aromatic heterocycles. The molecule has 0 aliphatic carbocycles. The van der Waals surface area contributed by atoms with Crippen molar-refractivity contribution >= 4 is 11.9 Å². The second kappa shape index (κ2) is 6.64. The zero-order chi connectivity index (χ0) is 16.4. The summed E-state index contributed by atoms with van der Waals surface area (Å²) in [5.74, 6) is -5.55. The van der Waals surface area contributed by atoms with Gasteiger partial charge in [-0.1, -0.05) is 0 Å². The highest BCUT2D eigenvalue weighted by molar-refractivity contribution is 5.74. The number of carboxylic acids is 1. The molecule has 1 saturated heterocycles. The zero-order valence-corrected chi connectivity index (χ0v) is 11.2. The van der Waals surface area contributed by atoms with Gasteiger partial charge in [0.1, 0.15) is 24.3 Å². The van der Waals surface area contributed by atoms with Gasteiger partial charge in [0.2, 0.25) is 11.7 Å². The molecule has 0 radical (unpaired) electrons. The minimum Gasteiger partial charge on any atom is -0.544 e. The van der Waals surface area contributed by atoms with Gasteiger partial charge in [0.25, 0.3) is 0 Å². The van der Waals surface area contributed by atoms with E-state index in [9.17, 15) is 35.1 Å². The lowest BCUT2D eigenvalue weighted by Gasteiger charge is -2.46. The molecule has 0 spiro atoms. The molecule has 6 N–H and O–H groups in total. The molecular weight excluding hydrogens is 290 g/mol. The van der Waals surface area contributed by atoms with Crippen LogP contribution in [0.25, 0.3) is 0 Å². The number of aliphatic hydroxyl groups is 5. The fourth-order valence-electron chi connectivity index (χ4n) is 2.13. The molecule has 0 bridgehead atoms. The van der Waals surface area contributed by atoms with Gasteiger partial charge in [-0.15, -0.1) is 0 Å². The lowest BCUT2D eigenvalue weighted by Crippen LogP contribution is -2.68. The maximum Gasteiger partial charge on any atom is 0.217 e. The first kappa shape index (κ1) is 17.8. The number of carbonyl (C=O) groups excluding carboxylic acids is 2. The van der Waals surface area contributed by atoms with Crippen molar-refractivity contribution in [2.45, 2.75) is 49.6 Å². The summed E-state index contributed by atoms with van der Waals surface area (Å²) in [5.41, 5.74) is 0. The van der Waals surface area contributed by atoms with Crippen molar-refractivity contribution in [3.05, 3.63) is 0 Å². The molecule has 1 amide bonds. The second-order valence-electron chi connectivity index (χ2n) is 4.89. The van der Waals surface area contributed by atoms with Crippen LogP contribution in [0.3, 0.4) is 0 Å². The summed E-state index contributed by atoms with van der Waals surface area (Å²) in [4.78, 5) is 22.0. The smallest absolute Gasteiger partial charge is 0.217 e. The third-order valence-corrected chi connectivity index (χ3v) is 3.19. The molecule has 0 saturated carbocycles. The van der Waals surface area contributed by atoms with Crippen LogP contribution in [0.4, 0.5) is 0 Å². The number of amides is 1. The summed E-state index contributed by atoms with van der Waals surface area (Å²) in [6.45, 7) is 0.228. The SMILES string of the molecule is CC(=O)N[C@@H]1[C@@H]([C@H](O)[C@H](O)CO)O[C@@](O)(C(=O)[O-])C[C@H]1O. The second-order valence-corrected chi connectivity index (χ2v) is 4.89. The third kappa shape index (κ3) is 3.87. The zero-order valence-electron chi connectivity index (χ0n) is 11.2. The number of carbonyl (C=O) groups is 2. The summed E-state index contributed by atoms with van der Waals surface area (Å²) in [5, 5.41) is 60.8. The molecule has 0 unspecified atom stereocenters. The van der Waals surface area contributed by atoms with Crippen molar-refractivity contribution in [1.29, 1.82) is 0 Å². The van der Waals surface area contributed by atoms with Gasteiger partial charge >= 0.3 is 0 Å². The topological polar surface area (TPSA) is 180 Å². The van der Waals surface area contributed by atoms with E-state index >= 15 is 0 Å². The van der Waals surface area contributed by atoms with Crippen LogP contribution in [-0.2, 0) is 14.3 Å². The van der Waals surface area contributed by atoms with Gasteiger partial charge in [-0.3, -0.25) is 4.79 Å². The fraction of sp³-hybridized carbons (Fsp3) is 0.818. The van der Waals surface area contributed by atoms with Gasteiger partial charge in [0.15, 0.2) is 0 Å². The molecule has 6 atom stereocenters. The number of nitrogens with one attached hydrogen (secondary N) is 1. The van der Waals surface area contributed by atoms with Crippen LogP contribution in [0.1, 0.15) is 13.3 Å². The van der Waals surface area contributed by atoms with Gasteiger partial charge in [0.05, 0.1) is 18.8 Å². The normalized spacial score (nSPS) is 35.8. The lowest BCUT2D eigenvalue weighted by atomic mass is 9.88. The molecule has 1 aliphatic heterocycles. The Bertz CT molecular complexity index is 403. The molecule has 1 fully saturated rings. The predicted molar refractivity (Wildman–Crippen MR) is 62.2 cm³/mol. The quantitative estimate of drug-likeness (QED) is 0.289. The van der Waals surface area contributed by atoms with Crippen molar-refractivity contribution in [1.82, 2.24) is 5.32 Å². The highest BCUT2D eigenvalue weighted by Gasteiger charge is 2.50. The number of hydrogen-bond donors (Lipinski definition) is 6. The summed E-state index contributed by atoms with van der Waals surface area (Å²) < 4.78 is 4.80. The van der Waals surface area contributed by atoms with E-state index in [4.69, 9.17) is 9.84 Å². The number of hydrogen-bond acceptors (Lipinski definition) is 9. The highest BCUT2D eigenvalue weighted by Crippen LogP contribution is 2.29. The first-order valence-electron chi connectivity index (χ1n) is 6.16. The summed E-state index contributed by atoms with van der Waals surface area (Å²) in [6, 6.07) is -1.29. The highest BCUT2D eigenvalue weighted by atomic mass is 16.7. The maximum absolute atomic E-state index is 11.1. The Morgan fingerprint density at radius 1 is 1.48 bits per heavy atom. The van der Waals surface area contributed by atoms with Gasteiger partial charge in [0, 0.05) is 13.3 Å². The number of aliphatic hydroxyl groups excluding tert-OH is 4. The number of aliphatic carboxylic acids is 1. The van der Waals surface area contributed by atoms with Crippen LogP contribution in [0, 0.1) is 0 Å². The maximum atomic E-state index is 11.1. The van der Waals surface area contributed by atoms with Crippen molar-refractivity contribution in [3.8, 4) is 0 Å². The van der Waals surface area contributed by atoms with E-state index in [0.29, 0.717) is 0 Å². The van der Waals surface area contributed by atoms with Crippen LogP contribution >= 0.6 is 0 Å². The average molecular weight is 308 g/mol. The molecule has 0 aromatic rings. The van der Waals surface area contributed by atoms with Crippen LogP contribution in [0.5, 0.6) is 0 Å². The average Bonchev–Trinajstić information content (AvgIpc) is 2.39. The first-order valence-corrected chi connectivity index (χ1v) is 6.16. The van der Waals surface area contributed by atoms with Crippen molar-refractivity contribution in [2.75, 3.05) is 6.61 Å². The molecule has 1 rings (SSSR count). The van der Waals surface area contributed by atoms with Crippen LogP contribution < -0.4 is 10.4 Å². The van der Waals surface area contributed by atoms with Gasteiger partial charge < -0.3 is 45.5 Å². The van der Waals surface area contributed by atoms with E-state index < -0.39 is 61.1 Å². The largest absolute Gasteiger partial charge is 0.544 e. The Kier molecular flexibility index (Phi) is 5.61. The van der Waals surface area contributed by atoms with E-state index in [1.807, 2.05) is 0 Å². The molecule has 1 aliphatic rings. The molecule has 122 valence electrons.